The summed E-state index contributed by atoms with van der Waals surface area (Å²) in [7, 11) is 1.88. The Morgan fingerprint density at radius 3 is 2.52 bits per heavy atom. The molecule has 3 amide bonds. The molecule has 8 heteroatoms. The van der Waals surface area contributed by atoms with Crippen molar-refractivity contribution < 1.29 is 14.4 Å². The highest BCUT2D eigenvalue weighted by atomic mass is 32.1. The van der Waals surface area contributed by atoms with E-state index in [1.807, 2.05) is 53.4 Å². The van der Waals surface area contributed by atoms with Crippen LogP contribution in [0.4, 0.5) is 0 Å². The second kappa shape index (κ2) is 8.08. The number of nitrogens with zero attached hydrogens (tertiary/aromatic N) is 2. The van der Waals surface area contributed by atoms with E-state index < -0.39 is 0 Å². The van der Waals surface area contributed by atoms with Gasteiger partial charge in [-0.2, -0.15) is 0 Å². The van der Waals surface area contributed by atoms with Gasteiger partial charge in [0.1, 0.15) is 0 Å². The van der Waals surface area contributed by atoms with Gasteiger partial charge < -0.3 is 9.47 Å². The van der Waals surface area contributed by atoms with Gasteiger partial charge in [-0.15, -0.1) is 11.3 Å². The summed E-state index contributed by atoms with van der Waals surface area (Å²) in [4.78, 5) is 39.9. The minimum atomic E-state index is -0.347. The summed E-state index contributed by atoms with van der Waals surface area (Å²) in [6.07, 6.45) is 2.90. The van der Waals surface area contributed by atoms with Gasteiger partial charge in [0, 0.05) is 43.2 Å². The Balaban J connectivity index is 1.31. The fourth-order valence-electron chi connectivity index (χ4n) is 3.71. The number of aryl methyl sites for hydroxylation is 1. The number of aromatic nitrogens is 1. The molecule has 2 N–H and O–H groups in total. The zero-order valence-corrected chi connectivity index (χ0v) is 16.9. The normalized spacial score (nSPS) is 14.7. The topological polar surface area (TPSA) is 83.4 Å². The van der Waals surface area contributed by atoms with Crippen molar-refractivity contribution in [2.24, 2.45) is 13.0 Å². The first-order valence-corrected chi connectivity index (χ1v) is 10.4. The lowest BCUT2D eigenvalue weighted by molar-refractivity contribution is -0.127. The molecule has 7 nitrogen and oxygen atoms in total. The predicted octanol–water partition coefficient (Wildman–Crippen LogP) is 2.55. The van der Waals surface area contributed by atoms with Gasteiger partial charge in [-0.05, 0) is 30.4 Å². The number of benzene rings is 1. The Hall–Kier alpha value is -3.13. The molecule has 0 atom stereocenters. The lowest BCUT2D eigenvalue weighted by Gasteiger charge is -2.31. The Morgan fingerprint density at radius 2 is 1.79 bits per heavy atom. The van der Waals surface area contributed by atoms with Crippen molar-refractivity contribution in [3.8, 4) is 0 Å². The van der Waals surface area contributed by atoms with E-state index in [0.29, 0.717) is 31.5 Å². The Morgan fingerprint density at radius 1 is 1.03 bits per heavy atom. The highest BCUT2D eigenvalue weighted by Gasteiger charge is 2.28. The fourth-order valence-corrected chi connectivity index (χ4v) is 4.40. The number of hydrazine groups is 1. The van der Waals surface area contributed by atoms with Crippen molar-refractivity contribution >= 4 is 40.0 Å². The lowest BCUT2D eigenvalue weighted by atomic mass is 9.96. The largest absolute Gasteiger partial charge is 0.350 e. The Labute approximate surface area is 172 Å². The minimum absolute atomic E-state index is 0.0168. The van der Waals surface area contributed by atoms with Gasteiger partial charge >= 0.3 is 0 Å². The standard InChI is InChI=1S/C21H22N4O3S/c1-24-13-16(15-5-2-3-6-17(15)24)20(27)23-22-19(26)14-8-10-25(11-9-14)21(28)18-7-4-12-29-18/h2-7,12-14H,8-11H2,1H3,(H,22,26)(H,23,27). The number of thiophene rings is 1. The molecule has 2 aromatic heterocycles. The average Bonchev–Trinajstić information content (AvgIpc) is 3.40. The molecule has 4 rings (SSSR count). The van der Waals surface area contributed by atoms with E-state index in [4.69, 9.17) is 0 Å². The maximum atomic E-state index is 12.5. The van der Waals surface area contributed by atoms with Crippen molar-refractivity contribution in [1.29, 1.82) is 0 Å². The monoisotopic (exact) mass is 410 g/mol. The molecule has 150 valence electrons. The van der Waals surface area contributed by atoms with E-state index in [1.165, 1.54) is 11.3 Å². The second-order valence-corrected chi connectivity index (χ2v) is 8.11. The van der Waals surface area contributed by atoms with Crippen LogP contribution in [0.2, 0.25) is 0 Å². The number of likely N-dealkylation sites (tertiary alicyclic amines) is 1. The van der Waals surface area contributed by atoms with E-state index in [0.717, 1.165) is 15.8 Å². The van der Waals surface area contributed by atoms with Crippen LogP contribution < -0.4 is 10.9 Å². The van der Waals surface area contributed by atoms with Crippen LogP contribution in [0.1, 0.15) is 32.9 Å². The molecule has 0 bridgehead atoms. The van der Waals surface area contributed by atoms with E-state index in [2.05, 4.69) is 10.9 Å². The number of nitrogens with one attached hydrogen (secondary N) is 2. The van der Waals surface area contributed by atoms with E-state index >= 15 is 0 Å². The summed E-state index contributed by atoms with van der Waals surface area (Å²) in [6, 6.07) is 11.3. The number of hydrogen-bond donors (Lipinski definition) is 2. The molecule has 1 fully saturated rings. The molecule has 3 aromatic rings. The van der Waals surface area contributed by atoms with Gasteiger partial charge in [-0.25, -0.2) is 0 Å². The smallest absolute Gasteiger partial charge is 0.271 e. The van der Waals surface area contributed by atoms with Gasteiger partial charge in [-0.1, -0.05) is 24.3 Å². The molecule has 1 aromatic carbocycles. The highest BCUT2D eigenvalue weighted by molar-refractivity contribution is 7.12. The summed E-state index contributed by atoms with van der Waals surface area (Å²) >= 11 is 1.42. The third-order valence-corrected chi connectivity index (χ3v) is 6.18. The number of carbonyl (C=O) groups excluding carboxylic acids is 3. The number of rotatable bonds is 3. The number of piperidine rings is 1. The number of para-hydroxylation sites is 1. The minimum Gasteiger partial charge on any atom is -0.350 e. The number of amides is 3. The van der Waals surface area contributed by atoms with Crippen LogP contribution in [0.5, 0.6) is 0 Å². The van der Waals surface area contributed by atoms with Gasteiger partial charge in [0.2, 0.25) is 5.91 Å². The van der Waals surface area contributed by atoms with Crippen LogP contribution in [0.25, 0.3) is 10.9 Å². The predicted molar refractivity (Wildman–Crippen MR) is 111 cm³/mol. The van der Waals surface area contributed by atoms with Crippen LogP contribution in [-0.4, -0.2) is 40.3 Å². The van der Waals surface area contributed by atoms with Gasteiger partial charge in [-0.3, -0.25) is 25.2 Å². The highest BCUT2D eigenvalue weighted by Crippen LogP contribution is 2.22. The van der Waals surface area contributed by atoms with Crippen LogP contribution >= 0.6 is 11.3 Å². The first-order chi connectivity index (χ1) is 14.0. The van der Waals surface area contributed by atoms with E-state index in [-0.39, 0.29) is 23.6 Å². The lowest BCUT2D eigenvalue weighted by Crippen LogP contribution is -2.48. The molecular weight excluding hydrogens is 388 g/mol. The number of fused-ring (bicyclic) bond motifs is 1. The second-order valence-electron chi connectivity index (χ2n) is 7.16. The molecule has 0 aliphatic carbocycles. The first kappa shape index (κ1) is 19.2. The maximum Gasteiger partial charge on any atom is 0.271 e. The Kier molecular flexibility index (Phi) is 5.35. The molecule has 0 radical (unpaired) electrons. The third-order valence-electron chi connectivity index (χ3n) is 5.33. The molecule has 1 aliphatic heterocycles. The quantitative estimate of drug-likeness (QED) is 0.651. The third kappa shape index (κ3) is 3.88. The zero-order chi connectivity index (χ0) is 20.4. The number of carbonyl (C=O) groups is 3. The van der Waals surface area contributed by atoms with Gasteiger partial charge in [0.05, 0.1) is 10.4 Å². The van der Waals surface area contributed by atoms with Gasteiger partial charge in [0.25, 0.3) is 11.8 Å². The number of hydrogen-bond acceptors (Lipinski definition) is 4. The summed E-state index contributed by atoms with van der Waals surface area (Å²) in [5.41, 5.74) is 6.54. The van der Waals surface area contributed by atoms with E-state index in [1.54, 1.807) is 11.1 Å². The molecule has 3 heterocycles. The van der Waals surface area contributed by atoms with Crippen molar-refractivity contribution in [1.82, 2.24) is 20.3 Å². The summed E-state index contributed by atoms with van der Waals surface area (Å²) in [5, 5.41) is 2.72. The molecule has 0 saturated carbocycles. The van der Waals surface area contributed by atoms with Crippen molar-refractivity contribution in [2.45, 2.75) is 12.8 Å². The average molecular weight is 410 g/mol. The van der Waals surface area contributed by atoms with Crippen molar-refractivity contribution in [3.05, 3.63) is 58.4 Å². The summed E-state index contributed by atoms with van der Waals surface area (Å²) < 4.78 is 1.88. The fraction of sp³-hybridized carbons (Fsp3) is 0.286. The maximum absolute atomic E-state index is 12.5. The molecule has 0 unspecified atom stereocenters. The van der Waals surface area contributed by atoms with E-state index in [9.17, 15) is 14.4 Å². The van der Waals surface area contributed by atoms with Crippen molar-refractivity contribution in [2.75, 3.05) is 13.1 Å². The summed E-state index contributed by atoms with van der Waals surface area (Å²) in [6.45, 7) is 1.07. The van der Waals surface area contributed by atoms with Crippen LogP contribution in [0.3, 0.4) is 0 Å². The SMILES string of the molecule is Cn1cc(C(=O)NNC(=O)C2CCN(C(=O)c3cccs3)CC2)c2ccccc21. The van der Waals surface area contributed by atoms with Crippen LogP contribution in [-0.2, 0) is 11.8 Å². The van der Waals surface area contributed by atoms with Crippen molar-refractivity contribution in [3.63, 3.8) is 0 Å². The molecular formula is C21H22N4O3S. The zero-order valence-electron chi connectivity index (χ0n) is 16.1. The first-order valence-electron chi connectivity index (χ1n) is 9.51. The molecule has 1 saturated heterocycles. The van der Waals surface area contributed by atoms with Crippen LogP contribution in [0, 0.1) is 5.92 Å². The Bertz CT molecular complexity index is 1050. The molecule has 1 aliphatic rings. The van der Waals surface area contributed by atoms with Gasteiger partial charge in [0.15, 0.2) is 0 Å². The molecule has 0 spiro atoms. The molecule has 29 heavy (non-hydrogen) atoms. The summed E-state index contributed by atoms with van der Waals surface area (Å²) in [5.74, 6) is -0.777. The van der Waals surface area contributed by atoms with Crippen LogP contribution in [0.15, 0.2) is 48.0 Å².